The van der Waals surface area contributed by atoms with Crippen molar-refractivity contribution in [1.82, 2.24) is 14.8 Å². The molecule has 4 rings (SSSR count). The van der Waals surface area contributed by atoms with Crippen molar-refractivity contribution in [2.24, 2.45) is 0 Å². The molecule has 0 saturated heterocycles. The summed E-state index contributed by atoms with van der Waals surface area (Å²) >= 11 is 0. The standard InChI is InChI=1S/C19H21F2N3S/c1-23-7-8-25(2)13-24(12-16(25)11-23)6-5-15-3-4-17-18(21)9-14(20)10-19(17)22-15/h3-4,7-10,12H,5-6,11,13H2,1-2H3. The highest BCUT2D eigenvalue weighted by Crippen LogP contribution is 2.59. The summed E-state index contributed by atoms with van der Waals surface area (Å²) in [5, 5.41) is 2.71. The van der Waals surface area contributed by atoms with E-state index in [1.165, 1.54) is 11.0 Å². The molecule has 0 aliphatic carbocycles. The number of rotatable bonds is 3. The van der Waals surface area contributed by atoms with Crippen molar-refractivity contribution in [2.75, 3.05) is 32.3 Å². The minimum atomic E-state index is -0.833. The van der Waals surface area contributed by atoms with Gasteiger partial charge in [0.2, 0.25) is 0 Å². The van der Waals surface area contributed by atoms with Crippen LogP contribution in [0.5, 0.6) is 0 Å². The van der Waals surface area contributed by atoms with Crippen molar-refractivity contribution in [3.8, 4) is 0 Å². The molecular formula is C19H21F2N3S. The Balaban J connectivity index is 1.49. The smallest absolute Gasteiger partial charge is 0.135 e. The van der Waals surface area contributed by atoms with Gasteiger partial charge in [-0.1, -0.05) is 0 Å². The Morgan fingerprint density at radius 1 is 1.24 bits per heavy atom. The predicted octanol–water partition coefficient (Wildman–Crippen LogP) is 4.02. The van der Waals surface area contributed by atoms with E-state index < -0.39 is 21.7 Å². The third-order valence-electron chi connectivity index (χ3n) is 4.81. The number of benzene rings is 1. The van der Waals surface area contributed by atoms with Gasteiger partial charge in [-0.15, -0.1) is 0 Å². The largest absolute Gasteiger partial charge is 0.375 e. The normalized spacial score (nSPS) is 25.0. The Morgan fingerprint density at radius 3 is 2.92 bits per heavy atom. The Labute approximate surface area is 148 Å². The zero-order chi connectivity index (χ0) is 17.6. The molecule has 0 fully saturated rings. The van der Waals surface area contributed by atoms with Crippen molar-refractivity contribution in [3.63, 3.8) is 0 Å². The summed E-state index contributed by atoms with van der Waals surface area (Å²) in [6.07, 6.45) is 7.58. The van der Waals surface area contributed by atoms with Crippen LogP contribution in [0.2, 0.25) is 0 Å². The van der Waals surface area contributed by atoms with Gasteiger partial charge in [0.25, 0.3) is 0 Å². The van der Waals surface area contributed by atoms with Gasteiger partial charge in [0.1, 0.15) is 11.6 Å². The lowest BCUT2D eigenvalue weighted by Crippen LogP contribution is -2.22. The first-order chi connectivity index (χ1) is 11.9. The highest BCUT2D eigenvalue weighted by atomic mass is 32.3. The topological polar surface area (TPSA) is 19.4 Å². The van der Waals surface area contributed by atoms with Gasteiger partial charge in [-0.05, 0) is 23.8 Å². The fourth-order valence-corrected chi connectivity index (χ4v) is 6.05. The van der Waals surface area contributed by atoms with Gasteiger partial charge >= 0.3 is 0 Å². The molecule has 25 heavy (non-hydrogen) atoms. The lowest BCUT2D eigenvalue weighted by Gasteiger charge is -2.37. The Morgan fingerprint density at radius 2 is 2.08 bits per heavy atom. The molecule has 0 saturated carbocycles. The van der Waals surface area contributed by atoms with Gasteiger partial charge < -0.3 is 9.80 Å². The molecule has 0 N–H and O–H groups in total. The molecular weight excluding hydrogens is 340 g/mol. The van der Waals surface area contributed by atoms with E-state index in [-0.39, 0.29) is 0 Å². The summed E-state index contributed by atoms with van der Waals surface area (Å²) in [5.41, 5.74) is 1.24. The predicted molar refractivity (Wildman–Crippen MR) is 100 cm³/mol. The average molecular weight is 361 g/mol. The summed E-state index contributed by atoms with van der Waals surface area (Å²) in [7, 11) is 1.26. The molecule has 0 bridgehead atoms. The van der Waals surface area contributed by atoms with Crippen molar-refractivity contribution in [2.45, 2.75) is 6.42 Å². The first-order valence-electron chi connectivity index (χ1n) is 8.27. The van der Waals surface area contributed by atoms with Crippen LogP contribution in [0.25, 0.3) is 10.9 Å². The lowest BCUT2D eigenvalue weighted by molar-refractivity contribution is 0.443. The molecule has 1 aromatic carbocycles. The van der Waals surface area contributed by atoms with E-state index in [2.05, 4.69) is 45.9 Å². The van der Waals surface area contributed by atoms with Crippen LogP contribution in [0.4, 0.5) is 8.78 Å². The van der Waals surface area contributed by atoms with Crippen molar-refractivity contribution in [1.29, 1.82) is 0 Å². The summed E-state index contributed by atoms with van der Waals surface area (Å²) in [4.78, 5) is 10.5. The van der Waals surface area contributed by atoms with Crippen LogP contribution in [0.15, 0.2) is 47.0 Å². The maximum atomic E-state index is 13.8. The molecule has 3 nitrogen and oxygen atoms in total. The number of likely N-dealkylation sites (N-methyl/N-ethyl adjacent to an activating group) is 1. The monoisotopic (exact) mass is 361 g/mol. The van der Waals surface area contributed by atoms with Gasteiger partial charge in [-0.2, -0.15) is 10.0 Å². The summed E-state index contributed by atoms with van der Waals surface area (Å²) < 4.78 is 27.2. The van der Waals surface area contributed by atoms with Crippen LogP contribution >= 0.6 is 10.0 Å². The number of pyridine rings is 1. The van der Waals surface area contributed by atoms with Crippen LogP contribution in [0.1, 0.15) is 5.69 Å². The summed E-state index contributed by atoms with van der Waals surface area (Å²) in [6.45, 7) is 1.85. The SMILES string of the molecule is CN1C=CS2(C)CN(CCc3ccc4c(F)cc(F)cc4n3)C=C2C1. The molecule has 3 heterocycles. The van der Waals surface area contributed by atoms with Gasteiger partial charge in [0.15, 0.2) is 0 Å². The molecule has 1 unspecified atom stereocenters. The van der Waals surface area contributed by atoms with E-state index in [4.69, 9.17) is 0 Å². The van der Waals surface area contributed by atoms with Crippen molar-refractivity contribution < 1.29 is 8.78 Å². The van der Waals surface area contributed by atoms with Gasteiger partial charge in [-0.3, -0.25) is 4.98 Å². The number of halogens is 2. The lowest BCUT2D eigenvalue weighted by atomic mass is 10.1. The minimum absolute atomic E-state index is 0.365. The van der Waals surface area contributed by atoms with Gasteiger partial charge in [0, 0.05) is 67.1 Å². The molecule has 2 aliphatic heterocycles. The molecule has 1 aromatic heterocycles. The van der Waals surface area contributed by atoms with Crippen LogP contribution in [-0.2, 0) is 6.42 Å². The Kier molecular flexibility index (Phi) is 3.95. The second-order valence-corrected chi connectivity index (χ2v) is 10.3. The molecule has 132 valence electrons. The molecule has 2 aromatic rings. The summed E-state index contributed by atoms with van der Waals surface area (Å²) in [6, 6.07) is 5.72. The number of hydrogen-bond donors (Lipinski definition) is 0. The van der Waals surface area contributed by atoms with E-state index in [0.29, 0.717) is 10.9 Å². The third kappa shape index (κ3) is 3.11. The van der Waals surface area contributed by atoms with Crippen molar-refractivity contribution >= 4 is 20.9 Å². The minimum Gasteiger partial charge on any atom is -0.375 e. The second-order valence-electron chi connectivity index (χ2n) is 6.90. The Hall–Kier alpha value is -2.08. The van der Waals surface area contributed by atoms with Crippen molar-refractivity contribution in [3.05, 3.63) is 64.3 Å². The highest BCUT2D eigenvalue weighted by Gasteiger charge is 2.32. The number of aromatic nitrogens is 1. The molecule has 6 heteroatoms. The zero-order valence-electron chi connectivity index (χ0n) is 14.4. The number of hydrogen-bond acceptors (Lipinski definition) is 3. The number of fused-ring (bicyclic) bond motifs is 2. The van der Waals surface area contributed by atoms with Crippen LogP contribution in [0.3, 0.4) is 0 Å². The van der Waals surface area contributed by atoms with E-state index in [0.717, 1.165) is 37.1 Å². The first kappa shape index (κ1) is 16.4. The van der Waals surface area contributed by atoms with E-state index in [1.807, 2.05) is 6.07 Å². The molecule has 2 aliphatic rings. The molecule has 1 atom stereocenters. The third-order valence-corrected chi connectivity index (χ3v) is 7.84. The van der Waals surface area contributed by atoms with Gasteiger partial charge in [-0.25, -0.2) is 8.78 Å². The first-order valence-corrected chi connectivity index (χ1v) is 10.5. The van der Waals surface area contributed by atoms with E-state index in [9.17, 15) is 8.78 Å². The maximum Gasteiger partial charge on any atom is 0.135 e. The summed E-state index contributed by atoms with van der Waals surface area (Å²) in [5.74, 6) is -0.103. The second kappa shape index (κ2) is 6.02. The number of nitrogens with zero attached hydrogens (tertiary/aromatic N) is 3. The van der Waals surface area contributed by atoms with Gasteiger partial charge in [0.05, 0.1) is 11.4 Å². The molecule has 0 amide bonds. The van der Waals surface area contributed by atoms with Crippen LogP contribution < -0.4 is 0 Å². The quantitative estimate of drug-likeness (QED) is 0.823. The van der Waals surface area contributed by atoms with E-state index >= 15 is 0 Å². The molecule has 0 spiro atoms. The fraction of sp³-hybridized carbons (Fsp3) is 0.316. The zero-order valence-corrected chi connectivity index (χ0v) is 15.2. The maximum absolute atomic E-state index is 13.8. The van der Waals surface area contributed by atoms with E-state index in [1.54, 1.807) is 6.07 Å². The highest BCUT2D eigenvalue weighted by molar-refractivity contribution is 8.38. The Bertz CT molecular complexity index is 896. The molecule has 0 radical (unpaired) electrons. The van der Waals surface area contributed by atoms with Crippen LogP contribution in [0, 0.1) is 11.6 Å². The van der Waals surface area contributed by atoms with Crippen LogP contribution in [-0.4, -0.2) is 47.1 Å². The average Bonchev–Trinajstić information content (AvgIpc) is 2.88. The fourth-order valence-electron chi connectivity index (χ4n) is 3.37.